The zero-order valence-corrected chi connectivity index (χ0v) is 11.5. The lowest BCUT2D eigenvalue weighted by Gasteiger charge is -2.28. The van der Waals surface area contributed by atoms with Crippen LogP contribution in [-0.4, -0.2) is 38.3 Å². The normalized spacial score (nSPS) is 11.8. The zero-order chi connectivity index (χ0) is 14.6. The van der Waals surface area contributed by atoms with E-state index in [-0.39, 0.29) is 18.5 Å². The molecule has 0 aliphatic heterocycles. The maximum atomic E-state index is 11.9. The van der Waals surface area contributed by atoms with Crippen molar-refractivity contribution in [3.8, 4) is 0 Å². The summed E-state index contributed by atoms with van der Waals surface area (Å²) in [5.74, 6) is -1.77. The highest BCUT2D eigenvalue weighted by Gasteiger charge is 2.42. The van der Waals surface area contributed by atoms with E-state index in [4.69, 9.17) is 12.6 Å². The molecule has 0 rings (SSSR count). The molecular weight excluding hydrogens is 235 g/mol. The van der Waals surface area contributed by atoms with E-state index in [0.29, 0.717) is 0 Å². The first-order valence-corrected chi connectivity index (χ1v) is 5.64. The Morgan fingerprint density at radius 1 is 1.06 bits per heavy atom. The standard InChI is InChI=1S/C12H19BO5/c1-11(2,8(14)6-7-13)9(15)18-12(3,4)10(16)17-5/h6-7H2,1-5H3. The van der Waals surface area contributed by atoms with Crippen molar-refractivity contribution in [2.24, 2.45) is 5.41 Å². The average Bonchev–Trinajstić information content (AvgIpc) is 2.27. The van der Waals surface area contributed by atoms with Crippen LogP contribution in [0.5, 0.6) is 0 Å². The van der Waals surface area contributed by atoms with Gasteiger partial charge < -0.3 is 9.47 Å². The van der Waals surface area contributed by atoms with Gasteiger partial charge in [0, 0.05) is 0 Å². The van der Waals surface area contributed by atoms with Crippen molar-refractivity contribution in [1.82, 2.24) is 0 Å². The number of Topliss-reactive ketones (excluding diaryl/α,β-unsaturated/α-hetero) is 1. The second-order valence-corrected chi connectivity index (χ2v) is 4.98. The molecule has 0 saturated carbocycles. The Labute approximate surface area is 109 Å². The second kappa shape index (κ2) is 6.02. The second-order valence-electron chi connectivity index (χ2n) is 4.98. The van der Waals surface area contributed by atoms with Crippen LogP contribution in [0.15, 0.2) is 0 Å². The van der Waals surface area contributed by atoms with Gasteiger partial charge >= 0.3 is 11.9 Å². The fraction of sp³-hybridized carbons (Fsp3) is 0.750. The van der Waals surface area contributed by atoms with Gasteiger partial charge in [-0.1, -0.05) is 6.32 Å². The minimum Gasteiger partial charge on any atom is -0.466 e. The first-order chi connectivity index (χ1) is 8.09. The maximum absolute atomic E-state index is 11.9. The average molecular weight is 254 g/mol. The number of carbonyl (C=O) groups excluding carboxylic acids is 3. The molecule has 0 aliphatic carbocycles. The molecule has 0 amide bonds. The largest absolute Gasteiger partial charge is 0.466 e. The molecule has 100 valence electrons. The van der Waals surface area contributed by atoms with Crippen molar-refractivity contribution in [3.63, 3.8) is 0 Å². The lowest BCUT2D eigenvalue weighted by Crippen LogP contribution is -2.44. The highest BCUT2D eigenvalue weighted by molar-refractivity contribution is 6.12. The number of hydrogen-bond donors (Lipinski definition) is 0. The first kappa shape index (κ1) is 16.7. The molecule has 6 heteroatoms. The van der Waals surface area contributed by atoms with Gasteiger partial charge in [-0.25, -0.2) is 4.79 Å². The minimum absolute atomic E-state index is 0.0841. The highest BCUT2D eigenvalue weighted by Crippen LogP contribution is 2.25. The van der Waals surface area contributed by atoms with Crippen LogP contribution in [0.25, 0.3) is 0 Å². The summed E-state index contributed by atoms with van der Waals surface area (Å²) in [5.41, 5.74) is -2.75. The van der Waals surface area contributed by atoms with E-state index >= 15 is 0 Å². The van der Waals surface area contributed by atoms with Crippen LogP contribution in [0.2, 0.25) is 6.32 Å². The Balaban J connectivity index is 4.86. The van der Waals surface area contributed by atoms with Crippen LogP contribution in [-0.2, 0) is 23.9 Å². The SMILES string of the molecule is [B]CCC(=O)C(C)(C)C(=O)OC(C)(C)C(=O)OC. The predicted molar refractivity (Wildman–Crippen MR) is 66.2 cm³/mol. The predicted octanol–water partition coefficient (Wildman–Crippen LogP) is 1.05. The number of rotatable bonds is 6. The number of hydrogen-bond acceptors (Lipinski definition) is 5. The van der Waals surface area contributed by atoms with Crippen LogP contribution in [0.4, 0.5) is 0 Å². The summed E-state index contributed by atoms with van der Waals surface area (Å²) in [5, 5.41) is 0. The smallest absolute Gasteiger partial charge is 0.349 e. The molecule has 0 atom stereocenters. The van der Waals surface area contributed by atoms with Gasteiger partial charge in [0.05, 0.1) is 15.0 Å². The molecule has 0 spiro atoms. The quantitative estimate of drug-likeness (QED) is 0.402. The molecule has 0 saturated heterocycles. The Kier molecular flexibility index (Phi) is 5.58. The number of ether oxygens (including phenoxy) is 2. The molecule has 0 fully saturated rings. The summed E-state index contributed by atoms with van der Waals surface area (Å²) in [6, 6.07) is 0. The Hall–Kier alpha value is -1.33. The topological polar surface area (TPSA) is 69.7 Å². The molecule has 0 unspecified atom stereocenters. The summed E-state index contributed by atoms with van der Waals surface area (Å²) in [6.07, 6.45) is 0.247. The number of carbonyl (C=O) groups is 3. The molecular formula is C12H19BO5. The van der Waals surface area contributed by atoms with Gasteiger partial charge in [0.2, 0.25) is 5.60 Å². The van der Waals surface area contributed by atoms with Gasteiger partial charge in [0.25, 0.3) is 0 Å². The summed E-state index contributed by atoms with van der Waals surface area (Å²) in [6.45, 7) is 5.70. The van der Waals surface area contributed by atoms with Crippen LogP contribution in [0.1, 0.15) is 34.1 Å². The number of ketones is 1. The minimum atomic E-state index is -1.42. The highest BCUT2D eigenvalue weighted by atomic mass is 16.6. The third kappa shape index (κ3) is 3.86. The van der Waals surface area contributed by atoms with Gasteiger partial charge in [0.1, 0.15) is 11.2 Å². The van der Waals surface area contributed by atoms with Gasteiger partial charge in [-0.2, -0.15) is 0 Å². The van der Waals surface area contributed by atoms with Gasteiger partial charge in [-0.3, -0.25) is 9.59 Å². The fourth-order valence-electron chi connectivity index (χ4n) is 1.20. The third-order valence-electron chi connectivity index (χ3n) is 2.60. The summed E-state index contributed by atoms with van der Waals surface area (Å²) in [7, 11) is 6.47. The maximum Gasteiger partial charge on any atom is 0.349 e. The molecule has 0 aliphatic rings. The lowest BCUT2D eigenvalue weighted by atomic mass is 9.83. The van der Waals surface area contributed by atoms with E-state index in [1.54, 1.807) is 0 Å². The molecule has 2 radical (unpaired) electrons. The van der Waals surface area contributed by atoms with E-state index < -0.39 is 23.0 Å². The van der Waals surface area contributed by atoms with Crippen molar-refractivity contribution >= 4 is 25.6 Å². The third-order valence-corrected chi connectivity index (χ3v) is 2.60. The van der Waals surface area contributed by atoms with Crippen LogP contribution < -0.4 is 0 Å². The van der Waals surface area contributed by atoms with Crippen molar-refractivity contribution in [2.75, 3.05) is 7.11 Å². The molecule has 0 aromatic carbocycles. The molecule has 18 heavy (non-hydrogen) atoms. The Morgan fingerprint density at radius 2 is 1.56 bits per heavy atom. The van der Waals surface area contributed by atoms with Crippen molar-refractivity contribution in [3.05, 3.63) is 0 Å². The van der Waals surface area contributed by atoms with E-state index in [1.165, 1.54) is 34.8 Å². The van der Waals surface area contributed by atoms with E-state index in [2.05, 4.69) is 4.74 Å². The molecule has 0 heterocycles. The monoisotopic (exact) mass is 254 g/mol. The van der Waals surface area contributed by atoms with E-state index in [1.807, 2.05) is 0 Å². The zero-order valence-electron chi connectivity index (χ0n) is 11.5. The summed E-state index contributed by atoms with van der Waals surface area (Å²) in [4.78, 5) is 35.0. The van der Waals surface area contributed by atoms with Gasteiger partial charge in [0.15, 0.2) is 0 Å². The van der Waals surface area contributed by atoms with Crippen molar-refractivity contribution in [2.45, 2.75) is 46.0 Å². The summed E-state index contributed by atoms with van der Waals surface area (Å²) < 4.78 is 9.56. The van der Waals surface area contributed by atoms with E-state index in [0.717, 1.165) is 0 Å². The lowest BCUT2D eigenvalue weighted by molar-refractivity contribution is -0.183. The molecule has 0 aromatic heterocycles. The fourth-order valence-corrected chi connectivity index (χ4v) is 1.20. The summed E-state index contributed by atoms with van der Waals surface area (Å²) >= 11 is 0. The van der Waals surface area contributed by atoms with Gasteiger partial charge in [-0.15, -0.1) is 0 Å². The van der Waals surface area contributed by atoms with Crippen LogP contribution in [0, 0.1) is 5.41 Å². The molecule has 0 aromatic rings. The molecule has 0 bridgehead atoms. The van der Waals surface area contributed by atoms with Crippen LogP contribution in [0.3, 0.4) is 0 Å². The van der Waals surface area contributed by atoms with Crippen LogP contribution >= 0.6 is 0 Å². The molecule has 5 nitrogen and oxygen atoms in total. The first-order valence-electron chi connectivity index (χ1n) is 5.64. The molecule has 0 N–H and O–H groups in total. The van der Waals surface area contributed by atoms with Gasteiger partial charge in [-0.05, 0) is 34.1 Å². The Bertz CT molecular complexity index is 346. The number of methoxy groups -OCH3 is 1. The van der Waals surface area contributed by atoms with E-state index in [9.17, 15) is 14.4 Å². The number of esters is 2. The van der Waals surface area contributed by atoms with Crippen molar-refractivity contribution in [1.29, 1.82) is 0 Å². The Morgan fingerprint density at radius 3 is 1.94 bits per heavy atom. The van der Waals surface area contributed by atoms with Crippen molar-refractivity contribution < 1.29 is 23.9 Å².